The number of anilines is 1. The molecule has 1 aliphatic heterocycles. The summed E-state index contributed by atoms with van der Waals surface area (Å²) in [5.74, 6) is 0.994. The van der Waals surface area contributed by atoms with Crippen LogP contribution in [0.25, 0.3) is 0 Å². The number of nitrogens with zero attached hydrogens (tertiary/aromatic N) is 3. The first-order valence-corrected chi connectivity index (χ1v) is 5.31. The average molecular weight is 242 g/mol. The molecule has 0 N–H and O–H groups in total. The molecule has 0 aliphatic carbocycles. The molecule has 1 aliphatic rings. The molecule has 0 aromatic carbocycles. The summed E-state index contributed by atoms with van der Waals surface area (Å²) in [6.07, 6.45) is 6.10. The molecule has 1 fully saturated rings. The van der Waals surface area contributed by atoms with Gasteiger partial charge in [-0.1, -0.05) is 0 Å². The van der Waals surface area contributed by atoms with E-state index in [1.807, 2.05) is 6.20 Å². The van der Waals surface area contributed by atoms with E-state index in [4.69, 9.17) is 0 Å². The Morgan fingerprint density at radius 1 is 1.46 bits per heavy atom. The van der Waals surface area contributed by atoms with E-state index in [2.05, 4.69) is 37.7 Å². The first-order chi connectivity index (χ1) is 6.27. The summed E-state index contributed by atoms with van der Waals surface area (Å²) < 4.78 is 0.795. The van der Waals surface area contributed by atoms with Crippen LogP contribution in [0.3, 0.4) is 0 Å². The van der Waals surface area contributed by atoms with Crippen LogP contribution in [-0.4, -0.2) is 22.6 Å². The fraction of sp³-hybridized carbons (Fsp3) is 0.556. The summed E-state index contributed by atoms with van der Waals surface area (Å²) in [6, 6.07) is 0.607. The zero-order valence-electron chi connectivity index (χ0n) is 7.57. The fourth-order valence-electron chi connectivity index (χ4n) is 1.73. The van der Waals surface area contributed by atoms with Gasteiger partial charge in [-0.15, -0.1) is 0 Å². The van der Waals surface area contributed by atoms with E-state index in [0.717, 1.165) is 17.0 Å². The summed E-state index contributed by atoms with van der Waals surface area (Å²) in [7, 11) is 0. The second kappa shape index (κ2) is 3.62. The van der Waals surface area contributed by atoms with Crippen LogP contribution in [0.1, 0.15) is 19.8 Å². The van der Waals surface area contributed by atoms with Crippen molar-refractivity contribution in [1.29, 1.82) is 0 Å². The fourth-order valence-corrected chi connectivity index (χ4v) is 1.93. The summed E-state index contributed by atoms with van der Waals surface area (Å²) >= 11 is 3.28. The van der Waals surface area contributed by atoms with Crippen LogP contribution in [-0.2, 0) is 0 Å². The van der Waals surface area contributed by atoms with Gasteiger partial charge in [0.1, 0.15) is 10.4 Å². The number of halogens is 1. The summed E-state index contributed by atoms with van der Waals surface area (Å²) in [6.45, 7) is 3.34. The predicted molar refractivity (Wildman–Crippen MR) is 55.8 cm³/mol. The first-order valence-electron chi connectivity index (χ1n) is 4.51. The van der Waals surface area contributed by atoms with E-state index >= 15 is 0 Å². The molecule has 1 atom stereocenters. The van der Waals surface area contributed by atoms with Crippen LogP contribution in [0.5, 0.6) is 0 Å². The van der Waals surface area contributed by atoms with Crippen molar-refractivity contribution in [3.8, 4) is 0 Å². The molecule has 1 unspecified atom stereocenters. The first kappa shape index (κ1) is 8.94. The highest BCUT2D eigenvalue weighted by Crippen LogP contribution is 2.22. The van der Waals surface area contributed by atoms with E-state index < -0.39 is 0 Å². The lowest BCUT2D eigenvalue weighted by molar-refractivity contribution is 0.725. The highest BCUT2D eigenvalue weighted by Gasteiger charge is 2.21. The van der Waals surface area contributed by atoms with Crippen molar-refractivity contribution in [1.82, 2.24) is 9.97 Å². The van der Waals surface area contributed by atoms with Crippen LogP contribution in [0.2, 0.25) is 0 Å². The van der Waals surface area contributed by atoms with Crippen molar-refractivity contribution in [2.75, 3.05) is 11.4 Å². The zero-order valence-corrected chi connectivity index (χ0v) is 9.16. The Morgan fingerprint density at radius 3 is 2.85 bits per heavy atom. The quantitative estimate of drug-likeness (QED) is 0.756. The molecule has 0 spiro atoms. The maximum Gasteiger partial charge on any atom is 0.147 e. The lowest BCUT2D eigenvalue weighted by atomic mass is 10.2. The third-order valence-corrected chi connectivity index (χ3v) is 2.86. The van der Waals surface area contributed by atoms with Gasteiger partial charge in [0.05, 0.1) is 12.4 Å². The Bertz CT molecular complexity index is 285. The SMILES string of the molecule is CC1CCCN1c1cnc(Br)cn1. The third-order valence-electron chi connectivity index (χ3n) is 2.45. The molecule has 1 aromatic heterocycles. The van der Waals surface area contributed by atoms with Gasteiger partial charge in [0.2, 0.25) is 0 Å². The Kier molecular flexibility index (Phi) is 2.49. The van der Waals surface area contributed by atoms with Crippen LogP contribution in [0.15, 0.2) is 17.0 Å². The number of hydrogen-bond donors (Lipinski definition) is 0. The molecule has 1 saturated heterocycles. The second-order valence-electron chi connectivity index (χ2n) is 3.38. The Labute approximate surface area is 86.3 Å². The van der Waals surface area contributed by atoms with Gasteiger partial charge in [0.25, 0.3) is 0 Å². The lowest BCUT2D eigenvalue weighted by Gasteiger charge is -2.21. The van der Waals surface area contributed by atoms with Crippen molar-refractivity contribution >= 4 is 21.7 Å². The van der Waals surface area contributed by atoms with Crippen LogP contribution < -0.4 is 4.90 Å². The largest absolute Gasteiger partial charge is 0.353 e. The topological polar surface area (TPSA) is 29.0 Å². The minimum Gasteiger partial charge on any atom is -0.353 e. The molecule has 0 bridgehead atoms. The van der Waals surface area contributed by atoms with Gasteiger partial charge in [0, 0.05) is 12.6 Å². The second-order valence-corrected chi connectivity index (χ2v) is 4.19. The molecule has 3 nitrogen and oxygen atoms in total. The molecule has 2 heterocycles. The smallest absolute Gasteiger partial charge is 0.147 e. The highest BCUT2D eigenvalue weighted by atomic mass is 79.9. The minimum absolute atomic E-state index is 0.607. The molecule has 0 amide bonds. The Morgan fingerprint density at radius 2 is 2.31 bits per heavy atom. The summed E-state index contributed by atoms with van der Waals surface area (Å²) in [5.41, 5.74) is 0. The van der Waals surface area contributed by atoms with E-state index in [-0.39, 0.29) is 0 Å². The predicted octanol–water partition coefficient (Wildman–Crippen LogP) is 2.23. The molecule has 0 radical (unpaired) electrons. The normalized spacial score (nSPS) is 22.3. The highest BCUT2D eigenvalue weighted by molar-refractivity contribution is 9.10. The molecular formula is C9H12BrN3. The van der Waals surface area contributed by atoms with Gasteiger partial charge in [-0.05, 0) is 35.7 Å². The van der Waals surface area contributed by atoms with E-state index in [0.29, 0.717) is 6.04 Å². The van der Waals surface area contributed by atoms with E-state index in [9.17, 15) is 0 Å². The maximum atomic E-state index is 4.33. The van der Waals surface area contributed by atoms with Gasteiger partial charge in [-0.2, -0.15) is 0 Å². The summed E-state index contributed by atoms with van der Waals surface area (Å²) in [5, 5.41) is 0. The Balaban J connectivity index is 2.20. The number of rotatable bonds is 1. The van der Waals surface area contributed by atoms with Gasteiger partial charge in [-0.25, -0.2) is 9.97 Å². The molecule has 4 heteroatoms. The molecule has 13 heavy (non-hydrogen) atoms. The zero-order chi connectivity index (χ0) is 9.26. The van der Waals surface area contributed by atoms with Crippen LogP contribution in [0, 0.1) is 0 Å². The van der Waals surface area contributed by atoms with Gasteiger partial charge in [0.15, 0.2) is 0 Å². The molecule has 2 rings (SSSR count). The van der Waals surface area contributed by atoms with E-state index in [1.165, 1.54) is 12.8 Å². The average Bonchev–Trinajstić information content (AvgIpc) is 2.53. The monoisotopic (exact) mass is 241 g/mol. The molecule has 1 aromatic rings. The minimum atomic E-state index is 0.607. The molecular weight excluding hydrogens is 230 g/mol. The van der Waals surface area contributed by atoms with Gasteiger partial charge < -0.3 is 4.90 Å². The van der Waals surface area contributed by atoms with Gasteiger partial charge >= 0.3 is 0 Å². The van der Waals surface area contributed by atoms with Crippen LogP contribution >= 0.6 is 15.9 Å². The van der Waals surface area contributed by atoms with Crippen LogP contribution in [0.4, 0.5) is 5.82 Å². The van der Waals surface area contributed by atoms with Gasteiger partial charge in [-0.3, -0.25) is 0 Å². The number of aromatic nitrogens is 2. The maximum absolute atomic E-state index is 4.33. The Hall–Kier alpha value is -0.640. The number of hydrogen-bond acceptors (Lipinski definition) is 3. The van der Waals surface area contributed by atoms with Crippen molar-refractivity contribution in [3.05, 3.63) is 17.0 Å². The van der Waals surface area contributed by atoms with Crippen molar-refractivity contribution in [2.45, 2.75) is 25.8 Å². The lowest BCUT2D eigenvalue weighted by Crippen LogP contribution is -2.27. The molecule has 70 valence electrons. The molecule has 0 saturated carbocycles. The van der Waals surface area contributed by atoms with Crippen molar-refractivity contribution < 1.29 is 0 Å². The van der Waals surface area contributed by atoms with E-state index in [1.54, 1.807) is 6.20 Å². The van der Waals surface area contributed by atoms with Crippen molar-refractivity contribution in [3.63, 3.8) is 0 Å². The standard InChI is InChI=1S/C9H12BrN3/c1-7-3-2-4-13(7)9-6-11-8(10)5-12-9/h5-7H,2-4H2,1H3. The third kappa shape index (κ3) is 1.82. The van der Waals surface area contributed by atoms with Crippen molar-refractivity contribution in [2.24, 2.45) is 0 Å². The summed E-state index contributed by atoms with van der Waals surface area (Å²) in [4.78, 5) is 10.8.